The van der Waals surface area contributed by atoms with E-state index in [4.69, 9.17) is 21.1 Å². The van der Waals surface area contributed by atoms with Gasteiger partial charge in [-0.3, -0.25) is 9.59 Å². The first kappa shape index (κ1) is 21.5. The second-order valence-electron chi connectivity index (χ2n) is 7.97. The minimum atomic E-state index is -0.594. The van der Waals surface area contributed by atoms with Crippen molar-refractivity contribution in [2.45, 2.75) is 38.1 Å². The van der Waals surface area contributed by atoms with Crippen LogP contribution in [0.1, 0.15) is 30.4 Å². The SMILES string of the molecule is O=C(Cc1cc(Cl)c2c(c1)OCCCO2)NC(Cc1ccccc1)C(=O)N1CCCC1. The lowest BCUT2D eigenvalue weighted by Gasteiger charge is -2.24. The number of carbonyl (C=O) groups is 2. The van der Waals surface area contributed by atoms with E-state index < -0.39 is 6.04 Å². The molecule has 1 N–H and O–H groups in total. The maximum atomic E-state index is 13.1. The fourth-order valence-corrected chi connectivity index (χ4v) is 4.31. The topological polar surface area (TPSA) is 67.9 Å². The van der Waals surface area contributed by atoms with Crippen molar-refractivity contribution in [2.75, 3.05) is 26.3 Å². The zero-order valence-corrected chi connectivity index (χ0v) is 18.2. The standard InChI is InChI=1S/C24H27ClN2O4/c25-19-13-18(15-21-23(19)31-12-6-11-30-21)16-22(28)26-20(14-17-7-2-1-3-8-17)24(29)27-9-4-5-10-27/h1-3,7-8,13,15,20H,4-6,9-12,14,16H2,(H,26,28). The zero-order chi connectivity index (χ0) is 21.6. The Hall–Kier alpha value is -2.73. The molecule has 7 heteroatoms. The Morgan fingerprint density at radius 2 is 1.74 bits per heavy atom. The molecule has 1 atom stereocenters. The monoisotopic (exact) mass is 442 g/mol. The van der Waals surface area contributed by atoms with Crippen molar-refractivity contribution < 1.29 is 19.1 Å². The summed E-state index contributed by atoms with van der Waals surface area (Å²) < 4.78 is 11.4. The second-order valence-corrected chi connectivity index (χ2v) is 8.38. The van der Waals surface area contributed by atoms with E-state index in [1.165, 1.54) is 0 Å². The number of halogens is 1. The number of hydrogen-bond acceptors (Lipinski definition) is 4. The number of likely N-dealkylation sites (tertiary alicyclic amines) is 1. The van der Waals surface area contributed by atoms with Crippen LogP contribution in [0.3, 0.4) is 0 Å². The molecule has 0 spiro atoms. The molecule has 0 saturated carbocycles. The van der Waals surface area contributed by atoms with Gasteiger partial charge in [-0.2, -0.15) is 0 Å². The molecule has 4 rings (SSSR count). The third-order valence-corrected chi connectivity index (χ3v) is 5.84. The Kier molecular flexibility index (Phi) is 6.97. The quantitative estimate of drug-likeness (QED) is 0.744. The van der Waals surface area contributed by atoms with Crippen molar-refractivity contribution in [3.8, 4) is 11.5 Å². The summed E-state index contributed by atoms with van der Waals surface area (Å²) in [4.78, 5) is 27.8. The number of rotatable bonds is 6. The molecular formula is C24H27ClN2O4. The largest absolute Gasteiger partial charge is 0.489 e. The molecule has 2 heterocycles. The number of fused-ring (bicyclic) bond motifs is 1. The summed E-state index contributed by atoms with van der Waals surface area (Å²) in [6, 6.07) is 12.7. The van der Waals surface area contributed by atoms with E-state index >= 15 is 0 Å². The van der Waals surface area contributed by atoms with Crippen molar-refractivity contribution in [1.82, 2.24) is 10.2 Å². The van der Waals surface area contributed by atoms with Gasteiger partial charge in [0.05, 0.1) is 24.7 Å². The lowest BCUT2D eigenvalue weighted by Crippen LogP contribution is -2.49. The average molecular weight is 443 g/mol. The highest BCUT2D eigenvalue weighted by atomic mass is 35.5. The van der Waals surface area contributed by atoms with Gasteiger partial charge in [0.25, 0.3) is 0 Å². The van der Waals surface area contributed by atoms with Crippen LogP contribution in [0, 0.1) is 0 Å². The maximum Gasteiger partial charge on any atom is 0.245 e. The van der Waals surface area contributed by atoms with Gasteiger partial charge in [-0.1, -0.05) is 41.9 Å². The molecular weight excluding hydrogens is 416 g/mol. The summed E-state index contributed by atoms with van der Waals surface area (Å²) in [6.07, 6.45) is 3.36. The molecule has 2 aliphatic rings. The number of nitrogens with one attached hydrogen (secondary N) is 1. The summed E-state index contributed by atoms with van der Waals surface area (Å²) in [5, 5.41) is 3.38. The van der Waals surface area contributed by atoms with Crippen molar-refractivity contribution >= 4 is 23.4 Å². The first-order valence-electron chi connectivity index (χ1n) is 10.8. The van der Waals surface area contributed by atoms with Crippen LogP contribution >= 0.6 is 11.6 Å². The molecule has 6 nitrogen and oxygen atoms in total. The smallest absolute Gasteiger partial charge is 0.245 e. The molecule has 0 radical (unpaired) electrons. The third kappa shape index (κ3) is 5.50. The Bertz CT molecular complexity index is 929. The molecule has 2 aliphatic heterocycles. The number of carbonyl (C=O) groups excluding carboxylic acids is 2. The number of nitrogens with zero attached hydrogens (tertiary/aromatic N) is 1. The van der Waals surface area contributed by atoms with Gasteiger partial charge >= 0.3 is 0 Å². The average Bonchev–Trinajstić information content (AvgIpc) is 3.19. The van der Waals surface area contributed by atoms with Crippen LogP contribution < -0.4 is 14.8 Å². The first-order valence-corrected chi connectivity index (χ1v) is 11.2. The van der Waals surface area contributed by atoms with Crippen LogP contribution in [0.4, 0.5) is 0 Å². The minimum Gasteiger partial charge on any atom is -0.489 e. The van der Waals surface area contributed by atoms with Gasteiger partial charge in [0, 0.05) is 25.9 Å². The molecule has 2 amide bonds. The fraction of sp³-hybridized carbons (Fsp3) is 0.417. The van der Waals surface area contributed by atoms with Crippen LogP contribution in [0.2, 0.25) is 5.02 Å². The lowest BCUT2D eigenvalue weighted by molar-refractivity contribution is -0.135. The predicted molar refractivity (Wildman–Crippen MR) is 119 cm³/mol. The highest BCUT2D eigenvalue weighted by molar-refractivity contribution is 6.32. The second kappa shape index (κ2) is 10.1. The number of benzene rings is 2. The summed E-state index contributed by atoms with van der Waals surface area (Å²) in [7, 11) is 0. The highest BCUT2D eigenvalue weighted by Crippen LogP contribution is 2.38. The van der Waals surface area contributed by atoms with E-state index in [1.54, 1.807) is 12.1 Å². The third-order valence-electron chi connectivity index (χ3n) is 5.56. The van der Waals surface area contributed by atoms with Gasteiger partial charge in [0.2, 0.25) is 11.8 Å². The normalized spacial score (nSPS) is 16.5. The fourth-order valence-electron chi connectivity index (χ4n) is 4.02. The number of hydrogen-bond donors (Lipinski definition) is 1. The Morgan fingerprint density at radius 3 is 2.52 bits per heavy atom. The number of amides is 2. The number of ether oxygens (including phenoxy) is 2. The van der Waals surface area contributed by atoms with E-state index in [0.29, 0.717) is 36.2 Å². The van der Waals surface area contributed by atoms with E-state index in [9.17, 15) is 9.59 Å². The molecule has 2 aromatic rings. The van der Waals surface area contributed by atoms with Crippen LogP contribution in [-0.2, 0) is 22.4 Å². The van der Waals surface area contributed by atoms with E-state index in [-0.39, 0.29) is 18.2 Å². The van der Waals surface area contributed by atoms with E-state index in [1.807, 2.05) is 35.2 Å². The molecule has 0 aromatic heterocycles. The molecule has 0 aliphatic carbocycles. The molecule has 1 fully saturated rings. The van der Waals surface area contributed by atoms with Crippen molar-refractivity contribution in [1.29, 1.82) is 0 Å². The Balaban J connectivity index is 1.47. The van der Waals surface area contributed by atoms with Gasteiger partial charge < -0.3 is 19.7 Å². The highest BCUT2D eigenvalue weighted by Gasteiger charge is 2.28. The maximum absolute atomic E-state index is 13.1. The zero-order valence-electron chi connectivity index (χ0n) is 17.4. The van der Waals surface area contributed by atoms with Gasteiger partial charge in [0.1, 0.15) is 6.04 Å². The summed E-state index contributed by atoms with van der Waals surface area (Å²) in [5.41, 5.74) is 1.73. The molecule has 164 valence electrons. The lowest BCUT2D eigenvalue weighted by atomic mass is 10.0. The van der Waals surface area contributed by atoms with Crippen molar-refractivity contribution in [3.63, 3.8) is 0 Å². The summed E-state index contributed by atoms with van der Waals surface area (Å²) >= 11 is 6.36. The summed E-state index contributed by atoms with van der Waals surface area (Å²) in [5.74, 6) is 0.835. The van der Waals surface area contributed by atoms with Gasteiger partial charge in [-0.05, 0) is 36.1 Å². The van der Waals surface area contributed by atoms with Crippen LogP contribution in [0.15, 0.2) is 42.5 Å². The van der Waals surface area contributed by atoms with E-state index in [0.717, 1.165) is 43.5 Å². The van der Waals surface area contributed by atoms with Gasteiger partial charge in [-0.15, -0.1) is 0 Å². The van der Waals surface area contributed by atoms with Gasteiger partial charge in [0.15, 0.2) is 11.5 Å². The van der Waals surface area contributed by atoms with Crippen molar-refractivity contribution in [3.05, 3.63) is 58.6 Å². The molecule has 1 unspecified atom stereocenters. The van der Waals surface area contributed by atoms with Crippen LogP contribution in [0.5, 0.6) is 11.5 Å². The van der Waals surface area contributed by atoms with Crippen LogP contribution in [0.25, 0.3) is 0 Å². The first-order chi connectivity index (χ1) is 15.1. The van der Waals surface area contributed by atoms with Gasteiger partial charge in [-0.25, -0.2) is 0 Å². The van der Waals surface area contributed by atoms with Crippen molar-refractivity contribution in [2.24, 2.45) is 0 Å². The predicted octanol–water partition coefficient (Wildman–Crippen LogP) is 3.39. The Labute approximate surface area is 187 Å². The summed E-state index contributed by atoms with van der Waals surface area (Å²) in [6.45, 7) is 2.59. The Morgan fingerprint density at radius 1 is 1.00 bits per heavy atom. The molecule has 0 bridgehead atoms. The molecule has 31 heavy (non-hydrogen) atoms. The molecule has 2 aromatic carbocycles. The minimum absolute atomic E-state index is 0.0219. The van der Waals surface area contributed by atoms with E-state index in [2.05, 4.69) is 5.32 Å². The molecule has 1 saturated heterocycles. The van der Waals surface area contributed by atoms with Crippen LogP contribution in [-0.4, -0.2) is 49.1 Å².